The minimum Gasteiger partial charge on any atom is -0.334 e. The summed E-state index contributed by atoms with van der Waals surface area (Å²) in [4.78, 5) is 4.63. The van der Waals surface area contributed by atoms with Gasteiger partial charge in [0.2, 0.25) is 5.82 Å². The molecule has 4 heteroatoms. The number of benzene rings is 5. The molecule has 2 aromatic heterocycles. The number of nitrogens with zero attached hydrogens (tertiary/aromatic N) is 3. The van der Waals surface area contributed by atoms with Crippen LogP contribution < -0.4 is 0 Å². The van der Waals surface area contributed by atoms with Crippen LogP contribution in [0.5, 0.6) is 0 Å². The van der Waals surface area contributed by atoms with Crippen molar-refractivity contribution < 1.29 is 4.52 Å². The quantitative estimate of drug-likeness (QED) is 0.264. The molecule has 0 N–H and O–H groups in total. The van der Waals surface area contributed by atoms with Crippen LogP contribution in [0.4, 0.5) is 0 Å². The first kappa shape index (κ1) is 20.4. The Morgan fingerprint density at radius 1 is 0.500 bits per heavy atom. The average molecular weight is 464 g/mol. The largest absolute Gasteiger partial charge is 0.334 e. The van der Waals surface area contributed by atoms with E-state index in [2.05, 4.69) is 99.6 Å². The van der Waals surface area contributed by atoms with E-state index in [9.17, 15) is 0 Å². The fourth-order valence-electron chi connectivity index (χ4n) is 4.90. The van der Waals surface area contributed by atoms with Gasteiger partial charge in [0.25, 0.3) is 5.89 Å². The lowest BCUT2D eigenvalue weighted by Crippen LogP contribution is -1.94. The van der Waals surface area contributed by atoms with Gasteiger partial charge in [-0.25, -0.2) is 0 Å². The SMILES string of the molecule is c1ccc(-c2noc(-c3cccc(-c4cccc(-n5c6ccccc6c6ccccc65)c4)c3)n2)cc1. The van der Waals surface area contributed by atoms with Gasteiger partial charge in [-0.1, -0.05) is 96.2 Å². The minimum atomic E-state index is 0.509. The van der Waals surface area contributed by atoms with Gasteiger partial charge in [0.15, 0.2) is 0 Å². The molecule has 0 fully saturated rings. The topological polar surface area (TPSA) is 43.9 Å². The maximum absolute atomic E-state index is 5.61. The van der Waals surface area contributed by atoms with Gasteiger partial charge < -0.3 is 9.09 Å². The van der Waals surface area contributed by atoms with Crippen molar-refractivity contribution in [2.75, 3.05) is 0 Å². The summed E-state index contributed by atoms with van der Waals surface area (Å²) in [6, 6.07) is 43.9. The van der Waals surface area contributed by atoms with Crippen molar-refractivity contribution in [1.82, 2.24) is 14.7 Å². The molecule has 0 saturated carbocycles. The summed E-state index contributed by atoms with van der Waals surface area (Å²) in [6.45, 7) is 0. The van der Waals surface area contributed by atoms with E-state index in [1.54, 1.807) is 0 Å². The molecule has 2 heterocycles. The Bertz CT molecular complexity index is 1790. The van der Waals surface area contributed by atoms with Crippen molar-refractivity contribution in [3.8, 4) is 39.7 Å². The molecule has 0 amide bonds. The first-order chi connectivity index (χ1) is 17.8. The summed E-state index contributed by atoms with van der Waals surface area (Å²) in [6.07, 6.45) is 0. The van der Waals surface area contributed by atoms with Crippen molar-refractivity contribution in [2.45, 2.75) is 0 Å². The van der Waals surface area contributed by atoms with E-state index in [1.165, 1.54) is 21.8 Å². The summed E-state index contributed by atoms with van der Waals surface area (Å²) in [5.74, 6) is 1.10. The molecule has 0 saturated heterocycles. The second-order valence-electron chi connectivity index (χ2n) is 8.79. The number of rotatable bonds is 4. The van der Waals surface area contributed by atoms with E-state index in [-0.39, 0.29) is 0 Å². The van der Waals surface area contributed by atoms with Crippen LogP contribution in [0.2, 0.25) is 0 Å². The van der Waals surface area contributed by atoms with Gasteiger partial charge in [0.05, 0.1) is 11.0 Å². The van der Waals surface area contributed by atoms with Gasteiger partial charge in [-0.3, -0.25) is 0 Å². The van der Waals surface area contributed by atoms with Gasteiger partial charge in [-0.05, 0) is 47.5 Å². The Hall–Kier alpha value is -4.96. The lowest BCUT2D eigenvalue weighted by Gasteiger charge is -2.10. The molecule has 4 nitrogen and oxygen atoms in total. The maximum atomic E-state index is 5.61. The van der Waals surface area contributed by atoms with E-state index in [4.69, 9.17) is 4.52 Å². The number of aromatic nitrogens is 3. The van der Waals surface area contributed by atoms with Crippen LogP contribution in [-0.4, -0.2) is 14.7 Å². The second-order valence-corrected chi connectivity index (χ2v) is 8.79. The number of hydrogen-bond donors (Lipinski definition) is 0. The third-order valence-electron chi connectivity index (χ3n) is 6.59. The number of para-hydroxylation sites is 2. The summed E-state index contributed by atoms with van der Waals surface area (Å²) >= 11 is 0. The van der Waals surface area contributed by atoms with Gasteiger partial charge in [0.1, 0.15) is 0 Å². The highest BCUT2D eigenvalue weighted by Crippen LogP contribution is 2.34. The molecule has 0 atom stereocenters. The van der Waals surface area contributed by atoms with Gasteiger partial charge in [0, 0.05) is 27.6 Å². The van der Waals surface area contributed by atoms with E-state index in [0.29, 0.717) is 11.7 Å². The monoisotopic (exact) mass is 463 g/mol. The standard InChI is InChI=1S/C32H21N3O/c1-2-10-22(11-3-1)31-33-32(36-34-31)25-14-8-12-23(20-25)24-13-9-15-26(21-24)35-29-18-6-4-16-27(29)28-17-5-7-19-30(28)35/h1-21H. The molecule has 0 bridgehead atoms. The van der Waals surface area contributed by atoms with Crippen LogP contribution in [-0.2, 0) is 0 Å². The highest BCUT2D eigenvalue weighted by molar-refractivity contribution is 6.09. The summed E-state index contributed by atoms with van der Waals surface area (Å²) in [5, 5.41) is 6.69. The molecule has 0 unspecified atom stereocenters. The Labute approximate surface area is 208 Å². The van der Waals surface area contributed by atoms with Crippen LogP contribution in [0.15, 0.2) is 132 Å². The second kappa shape index (κ2) is 8.36. The Morgan fingerprint density at radius 2 is 1.08 bits per heavy atom. The molecular formula is C32H21N3O. The third kappa shape index (κ3) is 3.39. The van der Waals surface area contributed by atoms with E-state index >= 15 is 0 Å². The summed E-state index contributed by atoms with van der Waals surface area (Å²) in [5.41, 5.74) is 7.56. The molecule has 7 aromatic rings. The minimum absolute atomic E-state index is 0.509. The highest BCUT2D eigenvalue weighted by Gasteiger charge is 2.14. The van der Waals surface area contributed by atoms with Gasteiger partial charge in [-0.15, -0.1) is 0 Å². The predicted molar refractivity (Wildman–Crippen MR) is 145 cm³/mol. The fourth-order valence-corrected chi connectivity index (χ4v) is 4.90. The molecule has 5 aromatic carbocycles. The molecule has 0 aliphatic carbocycles. The molecule has 36 heavy (non-hydrogen) atoms. The lowest BCUT2D eigenvalue weighted by molar-refractivity contribution is 0.432. The van der Waals surface area contributed by atoms with Crippen LogP contribution >= 0.6 is 0 Å². The lowest BCUT2D eigenvalue weighted by atomic mass is 10.0. The van der Waals surface area contributed by atoms with Crippen molar-refractivity contribution in [1.29, 1.82) is 0 Å². The van der Waals surface area contributed by atoms with Gasteiger partial charge >= 0.3 is 0 Å². The number of hydrogen-bond acceptors (Lipinski definition) is 3. The Morgan fingerprint density at radius 3 is 1.83 bits per heavy atom. The van der Waals surface area contributed by atoms with Crippen molar-refractivity contribution in [2.24, 2.45) is 0 Å². The molecule has 0 aliphatic rings. The fraction of sp³-hybridized carbons (Fsp3) is 0. The van der Waals surface area contributed by atoms with Crippen molar-refractivity contribution >= 4 is 21.8 Å². The normalized spacial score (nSPS) is 11.3. The smallest absolute Gasteiger partial charge is 0.258 e. The van der Waals surface area contributed by atoms with Gasteiger partial charge in [-0.2, -0.15) is 4.98 Å². The van der Waals surface area contributed by atoms with E-state index < -0.39 is 0 Å². The third-order valence-corrected chi connectivity index (χ3v) is 6.59. The van der Waals surface area contributed by atoms with Crippen LogP contribution in [0.1, 0.15) is 0 Å². The van der Waals surface area contributed by atoms with E-state index in [0.717, 1.165) is 27.9 Å². The van der Waals surface area contributed by atoms with Crippen LogP contribution in [0.3, 0.4) is 0 Å². The zero-order chi connectivity index (χ0) is 23.9. The summed E-state index contributed by atoms with van der Waals surface area (Å²) in [7, 11) is 0. The number of fused-ring (bicyclic) bond motifs is 3. The summed E-state index contributed by atoms with van der Waals surface area (Å²) < 4.78 is 7.95. The van der Waals surface area contributed by atoms with Crippen molar-refractivity contribution in [3.05, 3.63) is 127 Å². The molecular weight excluding hydrogens is 442 g/mol. The zero-order valence-electron chi connectivity index (χ0n) is 19.4. The van der Waals surface area contributed by atoms with Crippen LogP contribution in [0.25, 0.3) is 61.5 Å². The molecule has 7 rings (SSSR count). The Balaban J connectivity index is 1.31. The highest BCUT2D eigenvalue weighted by atomic mass is 16.5. The average Bonchev–Trinajstić information content (AvgIpc) is 3.58. The van der Waals surface area contributed by atoms with Crippen molar-refractivity contribution in [3.63, 3.8) is 0 Å². The Kier molecular flexibility index (Phi) is 4.74. The molecule has 0 spiro atoms. The molecule has 170 valence electrons. The predicted octanol–water partition coefficient (Wildman–Crippen LogP) is 8.17. The van der Waals surface area contributed by atoms with E-state index in [1.807, 2.05) is 42.5 Å². The zero-order valence-corrected chi connectivity index (χ0v) is 19.4. The molecule has 0 radical (unpaired) electrons. The van der Waals surface area contributed by atoms with Crippen LogP contribution in [0, 0.1) is 0 Å². The molecule has 0 aliphatic heterocycles. The first-order valence-corrected chi connectivity index (χ1v) is 11.9. The maximum Gasteiger partial charge on any atom is 0.258 e. The first-order valence-electron chi connectivity index (χ1n) is 11.9.